The number of amides is 3. The Morgan fingerprint density at radius 1 is 1.24 bits per heavy atom. The molecule has 3 amide bonds. The van der Waals surface area contributed by atoms with Crippen LogP contribution in [0.5, 0.6) is 5.75 Å². The van der Waals surface area contributed by atoms with E-state index in [9.17, 15) is 14.4 Å². The largest absolute Gasteiger partial charge is 0.495 e. The van der Waals surface area contributed by atoms with Crippen LogP contribution in [0.25, 0.3) is 0 Å². The molecule has 1 N–H and O–H groups in total. The Morgan fingerprint density at radius 2 is 1.92 bits per heavy atom. The van der Waals surface area contributed by atoms with Gasteiger partial charge in [0.05, 0.1) is 18.7 Å². The Labute approximate surface area is 152 Å². The van der Waals surface area contributed by atoms with E-state index in [4.69, 9.17) is 16.3 Å². The number of nitrogens with zero attached hydrogens (tertiary/aromatic N) is 1. The van der Waals surface area contributed by atoms with Crippen LogP contribution in [0, 0.1) is 0 Å². The van der Waals surface area contributed by atoms with Gasteiger partial charge >= 0.3 is 0 Å². The van der Waals surface area contributed by atoms with Crippen molar-refractivity contribution in [2.45, 2.75) is 52.1 Å². The molecule has 2 heterocycles. The van der Waals surface area contributed by atoms with Gasteiger partial charge in [-0.15, -0.1) is 0 Å². The second-order valence-corrected chi connectivity index (χ2v) is 6.41. The molecule has 1 aromatic rings. The zero-order chi connectivity index (χ0) is 18.6. The fourth-order valence-corrected chi connectivity index (χ4v) is 3.06. The molecule has 136 valence electrons. The van der Waals surface area contributed by atoms with Gasteiger partial charge in [-0.25, -0.2) is 0 Å². The van der Waals surface area contributed by atoms with Crippen LogP contribution >= 0.6 is 11.6 Å². The Hall–Kier alpha value is -2.08. The Balaban J connectivity index is 0.000000511. The molecule has 0 radical (unpaired) electrons. The third-order valence-corrected chi connectivity index (χ3v) is 4.62. The number of rotatable bonds is 3. The number of fused-ring (bicyclic) bond motifs is 1. The summed E-state index contributed by atoms with van der Waals surface area (Å²) in [4.78, 5) is 37.1. The SMILES string of the molecule is CCCC.COc1c(Cl)ccc2c1CN(C1CCC(=O)NC1=O)C2=O. The van der Waals surface area contributed by atoms with Crippen molar-refractivity contribution in [2.24, 2.45) is 0 Å². The van der Waals surface area contributed by atoms with Gasteiger partial charge in [-0.05, 0) is 18.6 Å². The number of ether oxygens (including phenoxy) is 1. The number of piperidine rings is 1. The Bertz CT molecular complexity index is 688. The third-order valence-electron chi connectivity index (χ3n) is 4.32. The highest BCUT2D eigenvalue weighted by molar-refractivity contribution is 6.32. The zero-order valence-corrected chi connectivity index (χ0v) is 15.5. The second kappa shape index (κ2) is 8.34. The molecule has 1 aromatic carbocycles. The van der Waals surface area contributed by atoms with Crippen molar-refractivity contribution in [3.05, 3.63) is 28.3 Å². The summed E-state index contributed by atoms with van der Waals surface area (Å²) in [5.74, 6) is -0.523. The molecule has 6 nitrogen and oxygen atoms in total. The summed E-state index contributed by atoms with van der Waals surface area (Å²) in [5.41, 5.74) is 1.17. The highest BCUT2D eigenvalue weighted by Crippen LogP contribution is 2.37. The quantitative estimate of drug-likeness (QED) is 0.834. The van der Waals surface area contributed by atoms with E-state index in [0.717, 1.165) is 0 Å². The molecule has 0 aliphatic carbocycles. The molecule has 2 aliphatic heterocycles. The molecular weight excluding hydrogens is 344 g/mol. The van der Waals surface area contributed by atoms with Crippen molar-refractivity contribution in [3.63, 3.8) is 0 Å². The molecular formula is C18H23ClN2O4. The highest BCUT2D eigenvalue weighted by Gasteiger charge is 2.40. The van der Waals surface area contributed by atoms with Crippen LogP contribution < -0.4 is 10.1 Å². The number of hydrogen-bond acceptors (Lipinski definition) is 4. The lowest BCUT2D eigenvalue weighted by Gasteiger charge is -2.29. The van der Waals surface area contributed by atoms with Crippen molar-refractivity contribution < 1.29 is 19.1 Å². The van der Waals surface area contributed by atoms with E-state index in [0.29, 0.717) is 28.3 Å². The summed E-state index contributed by atoms with van der Waals surface area (Å²) in [6.07, 6.45) is 3.20. The molecule has 1 unspecified atom stereocenters. The minimum Gasteiger partial charge on any atom is -0.495 e. The van der Waals surface area contributed by atoms with Gasteiger partial charge in [-0.3, -0.25) is 19.7 Å². The number of hydrogen-bond donors (Lipinski definition) is 1. The lowest BCUT2D eigenvalue weighted by Crippen LogP contribution is -2.52. The van der Waals surface area contributed by atoms with Crippen molar-refractivity contribution >= 4 is 29.3 Å². The van der Waals surface area contributed by atoms with Gasteiger partial charge in [0, 0.05) is 17.5 Å². The maximum absolute atomic E-state index is 12.5. The van der Waals surface area contributed by atoms with E-state index in [2.05, 4.69) is 19.2 Å². The lowest BCUT2D eigenvalue weighted by molar-refractivity contribution is -0.136. The summed E-state index contributed by atoms with van der Waals surface area (Å²) >= 11 is 6.06. The molecule has 0 aromatic heterocycles. The molecule has 7 heteroatoms. The van der Waals surface area contributed by atoms with Gasteiger partial charge in [0.25, 0.3) is 5.91 Å². The smallest absolute Gasteiger partial charge is 0.255 e. The summed E-state index contributed by atoms with van der Waals surface area (Å²) < 4.78 is 5.25. The van der Waals surface area contributed by atoms with Gasteiger partial charge < -0.3 is 9.64 Å². The fourth-order valence-electron chi connectivity index (χ4n) is 2.81. The molecule has 2 aliphatic rings. The molecule has 3 rings (SSSR count). The van der Waals surface area contributed by atoms with E-state index in [1.807, 2.05) is 0 Å². The minimum absolute atomic E-state index is 0.231. The first-order chi connectivity index (χ1) is 11.9. The van der Waals surface area contributed by atoms with Crippen LogP contribution in [-0.2, 0) is 16.1 Å². The van der Waals surface area contributed by atoms with Crippen LogP contribution in [0.1, 0.15) is 55.5 Å². The number of halogens is 1. The number of carbonyl (C=O) groups excluding carboxylic acids is 3. The van der Waals surface area contributed by atoms with Crippen LogP contribution in [0.4, 0.5) is 0 Å². The first-order valence-corrected chi connectivity index (χ1v) is 8.82. The topological polar surface area (TPSA) is 75.7 Å². The molecule has 0 spiro atoms. The summed E-state index contributed by atoms with van der Waals surface area (Å²) in [6.45, 7) is 4.62. The molecule has 25 heavy (non-hydrogen) atoms. The first kappa shape index (κ1) is 19.2. The standard InChI is InChI=1S/C14H13ClN2O4.C4H10/c1-21-12-8-6-17(10-4-5-11(18)16-13(10)19)14(20)7(8)2-3-9(12)15;1-3-4-2/h2-3,10H,4-6H2,1H3,(H,16,18,19);3-4H2,1-2H3. The molecule has 0 saturated carbocycles. The summed E-state index contributed by atoms with van der Waals surface area (Å²) in [6, 6.07) is 2.60. The van der Waals surface area contributed by atoms with E-state index in [1.165, 1.54) is 24.9 Å². The number of carbonyl (C=O) groups is 3. The van der Waals surface area contributed by atoms with Crippen LogP contribution in [0.15, 0.2) is 12.1 Å². The van der Waals surface area contributed by atoms with Crippen molar-refractivity contribution in [1.29, 1.82) is 0 Å². The monoisotopic (exact) mass is 366 g/mol. The Morgan fingerprint density at radius 3 is 2.48 bits per heavy atom. The highest BCUT2D eigenvalue weighted by atomic mass is 35.5. The Kier molecular flexibility index (Phi) is 6.42. The summed E-state index contributed by atoms with van der Waals surface area (Å²) in [5, 5.41) is 2.69. The first-order valence-electron chi connectivity index (χ1n) is 8.44. The van der Waals surface area contributed by atoms with Gasteiger partial charge in [0.2, 0.25) is 11.8 Å². The van der Waals surface area contributed by atoms with Crippen LogP contribution in [-0.4, -0.2) is 35.8 Å². The van der Waals surface area contributed by atoms with Crippen molar-refractivity contribution in [2.75, 3.05) is 7.11 Å². The van der Waals surface area contributed by atoms with Crippen LogP contribution in [0.3, 0.4) is 0 Å². The van der Waals surface area contributed by atoms with Gasteiger partial charge in [0.1, 0.15) is 11.8 Å². The molecule has 1 saturated heterocycles. The number of unbranched alkanes of at least 4 members (excludes halogenated alkanes) is 1. The molecule has 0 bridgehead atoms. The fraction of sp³-hybridized carbons (Fsp3) is 0.500. The van der Waals surface area contributed by atoms with Gasteiger partial charge in [-0.1, -0.05) is 38.3 Å². The van der Waals surface area contributed by atoms with Crippen molar-refractivity contribution in [1.82, 2.24) is 10.2 Å². The molecule has 1 fully saturated rings. The average molecular weight is 367 g/mol. The van der Waals surface area contributed by atoms with Gasteiger partial charge in [0.15, 0.2) is 0 Å². The predicted octanol–water partition coefficient (Wildman–Crippen LogP) is 2.92. The summed E-state index contributed by atoms with van der Waals surface area (Å²) in [7, 11) is 1.49. The number of methoxy groups -OCH3 is 1. The molecule has 1 atom stereocenters. The maximum Gasteiger partial charge on any atom is 0.255 e. The average Bonchev–Trinajstić information content (AvgIpc) is 2.92. The van der Waals surface area contributed by atoms with Crippen molar-refractivity contribution in [3.8, 4) is 5.75 Å². The van der Waals surface area contributed by atoms with E-state index >= 15 is 0 Å². The number of nitrogens with one attached hydrogen (secondary N) is 1. The van der Waals surface area contributed by atoms with E-state index in [-0.39, 0.29) is 24.8 Å². The third kappa shape index (κ3) is 3.95. The zero-order valence-electron chi connectivity index (χ0n) is 14.7. The van der Waals surface area contributed by atoms with E-state index in [1.54, 1.807) is 12.1 Å². The maximum atomic E-state index is 12.5. The number of imide groups is 1. The predicted molar refractivity (Wildman–Crippen MR) is 94.6 cm³/mol. The van der Waals surface area contributed by atoms with Crippen LogP contribution in [0.2, 0.25) is 5.02 Å². The lowest BCUT2D eigenvalue weighted by atomic mass is 10.0. The minimum atomic E-state index is -0.633. The van der Waals surface area contributed by atoms with E-state index < -0.39 is 11.9 Å². The normalized spacial score (nSPS) is 19.1. The second-order valence-electron chi connectivity index (χ2n) is 6.01. The van der Waals surface area contributed by atoms with Gasteiger partial charge in [-0.2, -0.15) is 0 Å². The number of benzene rings is 1.